The van der Waals surface area contributed by atoms with Gasteiger partial charge in [0.1, 0.15) is 5.82 Å². The van der Waals surface area contributed by atoms with Gasteiger partial charge in [0.2, 0.25) is 5.91 Å². The fraction of sp³-hybridized carbons (Fsp3) is 0.500. The first-order valence-electron chi connectivity index (χ1n) is 6.34. The average molecular weight is 250 g/mol. The molecule has 1 aromatic rings. The van der Waals surface area contributed by atoms with Crippen molar-refractivity contribution in [1.82, 2.24) is 10.2 Å². The zero-order valence-corrected chi connectivity index (χ0v) is 10.7. The van der Waals surface area contributed by atoms with E-state index in [0.717, 1.165) is 6.54 Å². The van der Waals surface area contributed by atoms with Crippen molar-refractivity contribution in [2.75, 3.05) is 20.1 Å². The van der Waals surface area contributed by atoms with Gasteiger partial charge in [-0.3, -0.25) is 9.69 Å². The van der Waals surface area contributed by atoms with Crippen molar-refractivity contribution >= 4 is 5.91 Å². The molecule has 0 spiro atoms. The standard InChI is InChI=1S/C14H19FN2O/c1-17(9-12-4-2-3-5-13(12)15)10-14(18)16-8-11-6-7-11/h2-5,11H,6-10H2,1H3,(H,16,18). The maximum absolute atomic E-state index is 13.4. The minimum Gasteiger partial charge on any atom is -0.355 e. The van der Waals surface area contributed by atoms with E-state index in [1.165, 1.54) is 18.9 Å². The van der Waals surface area contributed by atoms with Crippen molar-refractivity contribution in [3.63, 3.8) is 0 Å². The lowest BCUT2D eigenvalue weighted by molar-refractivity contribution is -0.122. The number of nitrogens with zero attached hydrogens (tertiary/aromatic N) is 1. The lowest BCUT2D eigenvalue weighted by Gasteiger charge is -2.16. The Balaban J connectivity index is 1.75. The van der Waals surface area contributed by atoms with E-state index in [2.05, 4.69) is 5.32 Å². The molecule has 98 valence electrons. The number of carbonyl (C=O) groups excluding carboxylic acids is 1. The van der Waals surface area contributed by atoms with E-state index < -0.39 is 0 Å². The summed E-state index contributed by atoms with van der Waals surface area (Å²) in [6, 6.07) is 6.66. The molecule has 0 aromatic heterocycles. The van der Waals surface area contributed by atoms with Gasteiger partial charge in [0, 0.05) is 18.7 Å². The molecule has 1 aromatic carbocycles. The van der Waals surface area contributed by atoms with E-state index in [1.54, 1.807) is 18.2 Å². The molecular weight excluding hydrogens is 231 g/mol. The van der Waals surface area contributed by atoms with Crippen LogP contribution in [0.25, 0.3) is 0 Å². The van der Waals surface area contributed by atoms with Crippen molar-refractivity contribution < 1.29 is 9.18 Å². The largest absolute Gasteiger partial charge is 0.355 e. The van der Waals surface area contributed by atoms with Crippen molar-refractivity contribution in [3.05, 3.63) is 35.6 Å². The highest BCUT2D eigenvalue weighted by Gasteiger charge is 2.21. The van der Waals surface area contributed by atoms with Crippen LogP contribution in [0.2, 0.25) is 0 Å². The van der Waals surface area contributed by atoms with Crippen LogP contribution < -0.4 is 5.32 Å². The summed E-state index contributed by atoms with van der Waals surface area (Å²) in [5, 5.41) is 2.90. The number of hydrogen-bond donors (Lipinski definition) is 1. The van der Waals surface area contributed by atoms with Crippen LogP contribution in [-0.4, -0.2) is 30.9 Å². The summed E-state index contributed by atoms with van der Waals surface area (Å²) < 4.78 is 13.4. The Bertz CT molecular complexity index is 418. The summed E-state index contributed by atoms with van der Waals surface area (Å²) in [6.07, 6.45) is 2.46. The normalized spacial score (nSPS) is 14.8. The number of amides is 1. The van der Waals surface area contributed by atoms with Gasteiger partial charge in [0.15, 0.2) is 0 Å². The Labute approximate surface area is 107 Å². The van der Waals surface area contributed by atoms with Crippen molar-refractivity contribution in [2.24, 2.45) is 5.92 Å². The highest BCUT2D eigenvalue weighted by molar-refractivity contribution is 5.78. The molecular formula is C14H19FN2O. The lowest BCUT2D eigenvalue weighted by Crippen LogP contribution is -2.35. The fourth-order valence-electron chi connectivity index (χ4n) is 1.85. The van der Waals surface area contributed by atoms with Gasteiger partial charge in [-0.05, 0) is 31.9 Å². The highest BCUT2D eigenvalue weighted by Crippen LogP contribution is 2.27. The minimum absolute atomic E-state index is 0.0146. The molecule has 1 amide bonds. The van der Waals surface area contributed by atoms with Crippen LogP contribution in [0.5, 0.6) is 0 Å². The minimum atomic E-state index is -0.220. The van der Waals surface area contributed by atoms with Crippen LogP contribution in [0.3, 0.4) is 0 Å². The van der Waals surface area contributed by atoms with Gasteiger partial charge in [-0.1, -0.05) is 18.2 Å². The van der Waals surface area contributed by atoms with E-state index in [1.807, 2.05) is 11.9 Å². The average Bonchev–Trinajstić information content (AvgIpc) is 3.13. The molecule has 0 aliphatic heterocycles. The third-order valence-corrected chi connectivity index (χ3v) is 3.10. The van der Waals surface area contributed by atoms with E-state index in [4.69, 9.17) is 0 Å². The van der Waals surface area contributed by atoms with Crippen LogP contribution in [0, 0.1) is 11.7 Å². The van der Waals surface area contributed by atoms with Gasteiger partial charge in [-0.25, -0.2) is 4.39 Å². The molecule has 4 heteroatoms. The summed E-state index contributed by atoms with van der Waals surface area (Å²) in [7, 11) is 1.82. The summed E-state index contributed by atoms with van der Waals surface area (Å²) in [5.41, 5.74) is 0.620. The molecule has 18 heavy (non-hydrogen) atoms. The van der Waals surface area contributed by atoms with Crippen LogP contribution in [0.15, 0.2) is 24.3 Å². The van der Waals surface area contributed by atoms with E-state index >= 15 is 0 Å². The first-order chi connectivity index (χ1) is 8.65. The monoisotopic (exact) mass is 250 g/mol. The SMILES string of the molecule is CN(CC(=O)NCC1CC1)Cc1ccccc1F. The van der Waals surface area contributed by atoms with Gasteiger partial charge in [-0.15, -0.1) is 0 Å². The molecule has 2 rings (SSSR count). The summed E-state index contributed by atoms with van der Waals surface area (Å²) in [4.78, 5) is 13.4. The van der Waals surface area contributed by atoms with Crippen LogP contribution in [-0.2, 0) is 11.3 Å². The predicted octanol–water partition coefficient (Wildman–Crippen LogP) is 1.78. The van der Waals surface area contributed by atoms with Crippen LogP contribution in [0.1, 0.15) is 18.4 Å². The summed E-state index contributed by atoms with van der Waals surface area (Å²) in [5.74, 6) is 0.481. The first-order valence-corrected chi connectivity index (χ1v) is 6.34. The molecule has 1 fully saturated rings. The maximum atomic E-state index is 13.4. The van der Waals surface area contributed by atoms with Gasteiger partial charge in [0.05, 0.1) is 6.54 Å². The third-order valence-electron chi connectivity index (χ3n) is 3.10. The molecule has 0 atom stereocenters. The molecule has 0 radical (unpaired) electrons. The molecule has 3 nitrogen and oxygen atoms in total. The topological polar surface area (TPSA) is 32.3 Å². The van der Waals surface area contributed by atoms with Crippen molar-refractivity contribution in [1.29, 1.82) is 0 Å². The Morgan fingerprint density at radius 1 is 1.44 bits per heavy atom. The molecule has 1 N–H and O–H groups in total. The first kappa shape index (κ1) is 13.0. The number of benzene rings is 1. The highest BCUT2D eigenvalue weighted by atomic mass is 19.1. The Morgan fingerprint density at radius 3 is 2.83 bits per heavy atom. The molecule has 0 unspecified atom stereocenters. The Kier molecular flexibility index (Phi) is 4.31. The second-order valence-corrected chi connectivity index (χ2v) is 5.01. The zero-order chi connectivity index (χ0) is 13.0. The lowest BCUT2D eigenvalue weighted by atomic mass is 10.2. The molecule has 1 aliphatic carbocycles. The van der Waals surface area contributed by atoms with Gasteiger partial charge < -0.3 is 5.32 Å². The van der Waals surface area contributed by atoms with Crippen molar-refractivity contribution in [2.45, 2.75) is 19.4 Å². The fourth-order valence-corrected chi connectivity index (χ4v) is 1.85. The zero-order valence-electron chi connectivity index (χ0n) is 10.7. The quantitative estimate of drug-likeness (QED) is 0.834. The van der Waals surface area contributed by atoms with Gasteiger partial charge in [-0.2, -0.15) is 0 Å². The third kappa shape index (κ3) is 4.11. The van der Waals surface area contributed by atoms with Crippen LogP contribution in [0.4, 0.5) is 4.39 Å². The smallest absolute Gasteiger partial charge is 0.234 e. The second kappa shape index (κ2) is 5.96. The summed E-state index contributed by atoms with van der Waals surface area (Å²) >= 11 is 0. The van der Waals surface area contributed by atoms with Gasteiger partial charge in [0.25, 0.3) is 0 Å². The van der Waals surface area contributed by atoms with E-state index in [-0.39, 0.29) is 11.7 Å². The molecule has 1 saturated carbocycles. The number of halogens is 1. The molecule has 0 saturated heterocycles. The molecule has 0 heterocycles. The summed E-state index contributed by atoms with van der Waals surface area (Å²) in [6.45, 7) is 1.54. The van der Waals surface area contributed by atoms with Gasteiger partial charge >= 0.3 is 0 Å². The number of likely N-dealkylation sites (N-methyl/N-ethyl adjacent to an activating group) is 1. The second-order valence-electron chi connectivity index (χ2n) is 5.01. The maximum Gasteiger partial charge on any atom is 0.234 e. The number of rotatable bonds is 6. The Morgan fingerprint density at radius 2 is 2.17 bits per heavy atom. The van der Waals surface area contributed by atoms with Crippen molar-refractivity contribution in [3.8, 4) is 0 Å². The van der Waals surface area contributed by atoms with E-state index in [9.17, 15) is 9.18 Å². The predicted molar refractivity (Wildman–Crippen MR) is 68.5 cm³/mol. The molecule has 1 aliphatic rings. The van der Waals surface area contributed by atoms with Crippen LogP contribution >= 0.6 is 0 Å². The number of nitrogens with one attached hydrogen (secondary N) is 1. The Hall–Kier alpha value is -1.42. The molecule has 0 bridgehead atoms. The number of carbonyl (C=O) groups is 1. The van der Waals surface area contributed by atoms with E-state index in [0.29, 0.717) is 24.6 Å². The number of hydrogen-bond acceptors (Lipinski definition) is 2.